The first kappa shape index (κ1) is 17.2. The largest absolute Gasteiger partial charge is 0.490 e. The number of pyridine rings is 1. The molecule has 1 unspecified atom stereocenters. The Bertz CT molecular complexity index is 666. The number of urea groups is 1. The number of piperazine rings is 1. The van der Waals surface area contributed by atoms with Crippen molar-refractivity contribution in [2.24, 2.45) is 0 Å². The van der Waals surface area contributed by atoms with Gasteiger partial charge in [0.2, 0.25) is 0 Å². The van der Waals surface area contributed by atoms with Crippen LogP contribution < -0.4 is 15.4 Å². The second kappa shape index (κ2) is 8.48. The number of nitrogens with zero attached hydrogens (tertiary/aromatic N) is 2. The summed E-state index contributed by atoms with van der Waals surface area (Å²) in [6.45, 7) is 4.60. The molecule has 3 rings (SSSR count). The van der Waals surface area contributed by atoms with E-state index >= 15 is 0 Å². The minimum atomic E-state index is -0.0577. The molecule has 2 aromatic rings. The van der Waals surface area contributed by atoms with Crippen molar-refractivity contribution in [3.8, 4) is 5.75 Å². The summed E-state index contributed by atoms with van der Waals surface area (Å²) in [5.41, 5.74) is 1.09. The molecular weight excluding hydrogens is 316 g/mol. The highest BCUT2D eigenvalue weighted by Crippen LogP contribution is 2.14. The summed E-state index contributed by atoms with van der Waals surface area (Å²) in [5.74, 6) is 0.714. The predicted octanol–water partition coefficient (Wildman–Crippen LogP) is 2.20. The van der Waals surface area contributed by atoms with Crippen LogP contribution in [0.25, 0.3) is 0 Å². The van der Waals surface area contributed by atoms with Crippen molar-refractivity contribution in [1.29, 1.82) is 0 Å². The molecule has 1 saturated heterocycles. The van der Waals surface area contributed by atoms with Crippen molar-refractivity contribution in [3.63, 3.8) is 0 Å². The first-order valence-electron chi connectivity index (χ1n) is 8.59. The number of nitrogens with one attached hydrogen (secondary N) is 2. The summed E-state index contributed by atoms with van der Waals surface area (Å²) < 4.78 is 5.79. The number of hydrogen-bond donors (Lipinski definition) is 2. The van der Waals surface area contributed by atoms with E-state index in [0.717, 1.165) is 12.1 Å². The lowest BCUT2D eigenvalue weighted by Gasteiger charge is -2.36. The number of ether oxygens (including phenoxy) is 1. The number of benzene rings is 1. The highest BCUT2D eigenvalue weighted by atomic mass is 16.5. The van der Waals surface area contributed by atoms with Crippen LogP contribution in [-0.2, 0) is 0 Å². The Labute approximate surface area is 148 Å². The Morgan fingerprint density at radius 3 is 2.96 bits per heavy atom. The van der Waals surface area contributed by atoms with Gasteiger partial charge in [0, 0.05) is 25.8 Å². The Kier molecular flexibility index (Phi) is 5.85. The maximum Gasteiger partial charge on any atom is 0.318 e. The number of hydrogen-bond acceptors (Lipinski definition) is 4. The van der Waals surface area contributed by atoms with Gasteiger partial charge in [0.05, 0.1) is 18.3 Å². The van der Waals surface area contributed by atoms with E-state index in [-0.39, 0.29) is 18.1 Å². The number of carbonyl (C=O) groups excluding carboxylic acids is 1. The number of amides is 2. The third-order valence-corrected chi connectivity index (χ3v) is 4.33. The Morgan fingerprint density at radius 1 is 1.36 bits per heavy atom. The van der Waals surface area contributed by atoms with Crippen LogP contribution in [0.4, 0.5) is 4.79 Å². The van der Waals surface area contributed by atoms with Crippen LogP contribution in [0.15, 0.2) is 54.9 Å². The molecule has 25 heavy (non-hydrogen) atoms. The van der Waals surface area contributed by atoms with E-state index in [4.69, 9.17) is 4.74 Å². The zero-order chi connectivity index (χ0) is 17.5. The SMILES string of the molecule is C[C@@H](NC(=O)N1CCNCC1COc1cccnc1)c1ccccc1. The molecule has 1 aliphatic rings. The maximum atomic E-state index is 12.7. The fraction of sp³-hybridized carbons (Fsp3) is 0.368. The lowest BCUT2D eigenvalue weighted by Crippen LogP contribution is -2.58. The third-order valence-electron chi connectivity index (χ3n) is 4.33. The Hall–Kier alpha value is -2.60. The van der Waals surface area contributed by atoms with Gasteiger partial charge in [-0.25, -0.2) is 4.79 Å². The fourth-order valence-corrected chi connectivity index (χ4v) is 2.90. The molecule has 2 amide bonds. The van der Waals surface area contributed by atoms with Gasteiger partial charge in [-0.3, -0.25) is 4.98 Å². The summed E-state index contributed by atoms with van der Waals surface area (Å²) in [6, 6.07) is 13.6. The Balaban J connectivity index is 1.59. The van der Waals surface area contributed by atoms with Crippen LogP contribution in [0, 0.1) is 0 Å². The molecule has 2 heterocycles. The van der Waals surface area contributed by atoms with Crippen LogP contribution >= 0.6 is 0 Å². The first-order chi connectivity index (χ1) is 12.2. The molecule has 6 nitrogen and oxygen atoms in total. The first-order valence-corrected chi connectivity index (χ1v) is 8.59. The lowest BCUT2D eigenvalue weighted by atomic mass is 10.1. The zero-order valence-corrected chi connectivity index (χ0v) is 14.4. The second-order valence-electron chi connectivity index (χ2n) is 6.13. The Morgan fingerprint density at radius 2 is 2.20 bits per heavy atom. The molecule has 1 aromatic heterocycles. The van der Waals surface area contributed by atoms with Crippen LogP contribution in [-0.4, -0.2) is 48.2 Å². The minimum Gasteiger partial charge on any atom is -0.490 e. The molecule has 2 atom stereocenters. The van der Waals surface area contributed by atoms with Crippen LogP contribution in [0.3, 0.4) is 0 Å². The fourth-order valence-electron chi connectivity index (χ4n) is 2.90. The molecule has 0 bridgehead atoms. The number of carbonyl (C=O) groups is 1. The standard InChI is InChI=1S/C19H24N4O2/c1-15(16-6-3-2-4-7-16)22-19(24)23-11-10-21-12-17(23)14-25-18-8-5-9-20-13-18/h2-9,13,15,17,21H,10-12,14H2,1H3,(H,22,24)/t15-,17?/m1/s1. The minimum absolute atomic E-state index is 0.0167. The summed E-state index contributed by atoms with van der Waals surface area (Å²) in [7, 11) is 0. The van der Waals surface area contributed by atoms with E-state index in [0.29, 0.717) is 25.4 Å². The average molecular weight is 340 g/mol. The maximum absolute atomic E-state index is 12.7. The molecule has 6 heteroatoms. The van der Waals surface area contributed by atoms with Crippen LogP contribution in [0.5, 0.6) is 5.75 Å². The van der Waals surface area contributed by atoms with Crippen LogP contribution in [0.1, 0.15) is 18.5 Å². The molecule has 0 saturated carbocycles. The van der Waals surface area contributed by atoms with E-state index in [1.807, 2.05) is 54.3 Å². The summed E-state index contributed by atoms with van der Waals surface area (Å²) >= 11 is 0. The molecule has 0 spiro atoms. The molecule has 132 valence electrons. The summed E-state index contributed by atoms with van der Waals surface area (Å²) in [6.07, 6.45) is 3.39. The van der Waals surface area contributed by atoms with Gasteiger partial charge in [-0.05, 0) is 24.6 Å². The predicted molar refractivity (Wildman–Crippen MR) is 96.5 cm³/mol. The number of aromatic nitrogens is 1. The zero-order valence-electron chi connectivity index (χ0n) is 14.4. The van der Waals surface area contributed by atoms with Crippen molar-refractivity contribution < 1.29 is 9.53 Å². The van der Waals surface area contributed by atoms with E-state index in [9.17, 15) is 4.79 Å². The summed E-state index contributed by atoms with van der Waals surface area (Å²) in [4.78, 5) is 18.6. The van der Waals surface area contributed by atoms with E-state index in [1.54, 1.807) is 12.4 Å². The number of rotatable bonds is 5. The van der Waals surface area contributed by atoms with E-state index < -0.39 is 0 Å². The molecule has 1 aromatic carbocycles. The van der Waals surface area contributed by atoms with Gasteiger partial charge in [0.25, 0.3) is 0 Å². The van der Waals surface area contributed by atoms with Crippen molar-refractivity contribution >= 4 is 6.03 Å². The third kappa shape index (κ3) is 4.70. The average Bonchev–Trinajstić information content (AvgIpc) is 2.68. The molecular formula is C19H24N4O2. The van der Waals surface area contributed by atoms with E-state index in [1.165, 1.54) is 0 Å². The van der Waals surface area contributed by atoms with Gasteiger partial charge in [-0.2, -0.15) is 0 Å². The highest BCUT2D eigenvalue weighted by molar-refractivity contribution is 5.75. The van der Waals surface area contributed by atoms with Gasteiger partial charge < -0.3 is 20.3 Å². The smallest absolute Gasteiger partial charge is 0.318 e. The topological polar surface area (TPSA) is 66.5 Å². The van der Waals surface area contributed by atoms with Gasteiger partial charge in [-0.1, -0.05) is 30.3 Å². The molecule has 1 aliphatic heterocycles. The van der Waals surface area contributed by atoms with Gasteiger partial charge >= 0.3 is 6.03 Å². The van der Waals surface area contributed by atoms with Crippen molar-refractivity contribution in [1.82, 2.24) is 20.5 Å². The molecule has 0 aliphatic carbocycles. The van der Waals surface area contributed by atoms with Crippen molar-refractivity contribution in [2.75, 3.05) is 26.2 Å². The van der Waals surface area contributed by atoms with Crippen molar-refractivity contribution in [2.45, 2.75) is 19.0 Å². The van der Waals surface area contributed by atoms with Gasteiger partial charge in [0.15, 0.2) is 0 Å². The van der Waals surface area contributed by atoms with Gasteiger partial charge in [0.1, 0.15) is 12.4 Å². The van der Waals surface area contributed by atoms with Crippen LogP contribution in [0.2, 0.25) is 0 Å². The van der Waals surface area contributed by atoms with Crippen molar-refractivity contribution in [3.05, 3.63) is 60.4 Å². The normalized spacial score (nSPS) is 18.4. The summed E-state index contributed by atoms with van der Waals surface area (Å²) in [5, 5.41) is 6.41. The lowest BCUT2D eigenvalue weighted by molar-refractivity contribution is 0.122. The quantitative estimate of drug-likeness (QED) is 0.876. The molecule has 1 fully saturated rings. The molecule has 2 N–H and O–H groups in total. The monoisotopic (exact) mass is 340 g/mol. The highest BCUT2D eigenvalue weighted by Gasteiger charge is 2.28. The van der Waals surface area contributed by atoms with E-state index in [2.05, 4.69) is 15.6 Å². The second-order valence-corrected chi connectivity index (χ2v) is 6.13. The molecule has 0 radical (unpaired) electrons. The van der Waals surface area contributed by atoms with Gasteiger partial charge in [-0.15, -0.1) is 0 Å².